The number of hydrogen-bond acceptors (Lipinski definition) is 4. The molecule has 3 N–H and O–H groups in total. The van der Waals surface area contributed by atoms with Crippen LogP contribution < -0.4 is 5.32 Å². The number of hydrogen-bond donors (Lipinski definition) is 3. The summed E-state index contributed by atoms with van der Waals surface area (Å²) < 4.78 is 0. The lowest BCUT2D eigenvalue weighted by atomic mass is 10.3. The number of carboxylic acid groups (broad SMARTS) is 1. The number of amides is 2. The van der Waals surface area contributed by atoms with E-state index in [0.717, 1.165) is 11.3 Å². The van der Waals surface area contributed by atoms with Gasteiger partial charge in [-0.05, 0) is 25.3 Å². The Morgan fingerprint density at radius 3 is 2.67 bits per heavy atom. The van der Waals surface area contributed by atoms with E-state index in [0.29, 0.717) is 5.00 Å². The fourth-order valence-corrected chi connectivity index (χ4v) is 2.21. The molecule has 7 heteroatoms. The average Bonchev–Trinajstić information content (AvgIpc) is 2.73. The summed E-state index contributed by atoms with van der Waals surface area (Å²) >= 11 is 1.15. The summed E-state index contributed by atoms with van der Waals surface area (Å²) in [6, 6.07) is 0.948. The highest BCUT2D eigenvalue weighted by Crippen LogP contribution is 2.23. The zero-order valence-electron chi connectivity index (χ0n) is 10.2. The zero-order valence-corrected chi connectivity index (χ0v) is 11.0. The molecule has 0 aliphatic heterocycles. The maximum atomic E-state index is 11.9. The van der Waals surface area contributed by atoms with Gasteiger partial charge in [0.15, 0.2) is 0 Å². The van der Waals surface area contributed by atoms with Crippen molar-refractivity contribution in [1.29, 1.82) is 0 Å². The van der Waals surface area contributed by atoms with Crippen molar-refractivity contribution >= 4 is 28.3 Å². The lowest BCUT2D eigenvalue weighted by Gasteiger charge is -2.25. The highest BCUT2D eigenvalue weighted by Gasteiger charge is 2.19. The van der Waals surface area contributed by atoms with Crippen LogP contribution in [0.25, 0.3) is 0 Å². The molecule has 6 nitrogen and oxygen atoms in total. The topological polar surface area (TPSA) is 89.9 Å². The van der Waals surface area contributed by atoms with Gasteiger partial charge in [-0.2, -0.15) is 0 Å². The molecular weight excluding hydrogens is 256 g/mol. The predicted octanol–water partition coefficient (Wildman–Crippen LogP) is 1.68. The molecule has 0 aromatic carbocycles. The molecule has 1 aromatic rings. The number of anilines is 1. The molecule has 0 atom stereocenters. The number of carbonyl (C=O) groups is 2. The van der Waals surface area contributed by atoms with Gasteiger partial charge in [-0.15, -0.1) is 11.3 Å². The SMILES string of the molecule is CC(C)N(CCO)C(=O)Nc1sccc1C(=O)O. The third-order valence-electron chi connectivity index (χ3n) is 2.34. The Hall–Kier alpha value is -1.60. The Kier molecular flexibility index (Phi) is 5.11. The molecule has 0 unspecified atom stereocenters. The smallest absolute Gasteiger partial charge is 0.338 e. The zero-order chi connectivity index (χ0) is 13.7. The number of aromatic carboxylic acids is 1. The van der Waals surface area contributed by atoms with Gasteiger partial charge in [-0.3, -0.25) is 5.32 Å². The van der Waals surface area contributed by atoms with Gasteiger partial charge in [-0.1, -0.05) is 0 Å². The lowest BCUT2D eigenvalue weighted by Crippen LogP contribution is -2.41. The molecule has 18 heavy (non-hydrogen) atoms. The Morgan fingerprint density at radius 2 is 2.17 bits per heavy atom. The summed E-state index contributed by atoms with van der Waals surface area (Å²) in [5, 5.41) is 22.3. The van der Waals surface area contributed by atoms with Gasteiger partial charge in [0.2, 0.25) is 0 Å². The molecule has 0 aliphatic carbocycles. The third kappa shape index (κ3) is 3.44. The summed E-state index contributed by atoms with van der Waals surface area (Å²) in [6.07, 6.45) is 0. The maximum absolute atomic E-state index is 11.9. The first-order chi connectivity index (χ1) is 8.47. The van der Waals surface area contributed by atoms with E-state index in [1.54, 1.807) is 5.38 Å². The molecular formula is C11H16N2O4S. The van der Waals surface area contributed by atoms with Gasteiger partial charge in [0.25, 0.3) is 0 Å². The highest BCUT2D eigenvalue weighted by molar-refractivity contribution is 7.14. The average molecular weight is 272 g/mol. The van der Waals surface area contributed by atoms with Crippen LogP contribution in [0.15, 0.2) is 11.4 Å². The summed E-state index contributed by atoms with van der Waals surface area (Å²) in [6.45, 7) is 3.71. The summed E-state index contributed by atoms with van der Waals surface area (Å²) in [7, 11) is 0. The van der Waals surface area contributed by atoms with Crippen molar-refractivity contribution in [3.05, 3.63) is 17.0 Å². The first kappa shape index (κ1) is 14.5. The van der Waals surface area contributed by atoms with E-state index < -0.39 is 12.0 Å². The summed E-state index contributed by atoms with van der Waals surface area (Å²) in [4.78, 5) is 24.3. The standard InChI is InChI=1S/C11H16N2O4S/c1-7(2)13(4-5-14)11(17)12-9-8(10(15)16)3-6-18-9/h3,6-7,14H,4-5H2,1-2H3,(H,12,17)(H,15,16). The van der Waals surface area contributed by atoms with E-state index in [-0.39, 0.29) is 24.8 Å². The maximum Gasteiger partial charge on any atom is 0.338 e. The van der Waals surface area contributed by atoms with Crippen molar-refractivity contribution in [2.24, 2.45) is 0 Å². The Bertz CT molecular complexity index is 430. The van der Waals surface area contributed by atoms with Crippen LogP contribution in [-0.2, 0) is 0 Å². The second-order valence-corrected chi connectivity index (χ2v) is 4.83. The number of aliphatic hydroxyl groups is 1. The Balaban J connectivity index is 2.79. The van der Waals surface area contributed by atoms with Crippen LogP contribution in [0, 0.1) is 0 Å². The fraction of sp³-hybridized carbons (Fsp3) is 0.455. The monoisotopic (exact) mass is 272 g/mol. The summed E-state index contributed by atoms with van der Waals surface area (Å²) in [5.74, 6) is -1.08. The minimum Gasteiger partial charge on any atom is -0.478 e. The van der Waals surface area contributed by atoms with Gasteiger partial charge in [0.05, 0.1) is 12.2 Å². The highest BCUT2D eigenvalue weighted by atomic mass is 32.1. The van der Waals surface area contributed by atoms with Crippen molar-refractivity contribution in [3.8, 4) is 0 Å². The van der Waals surface area contributed by atoms with Crippen LogP contribution in [0.1, 0.15) is 24.2 Å². The molecule has 0 bridgehead atoms. The van der Waals surface area contributed by atoms with Crippen molar-refractivity contribution < 1.29 is 19.8 Å². The summed E-state index contributed by atoms with van der Waals surface area (Å²) in [5.41, 5.74) is 0.0704. The molecule has 100 valence electrons. The number of carboxylic acids is 1. The van der Waals surface area contributed by atoms with Gasteiger partial charge in [-0.25, -0.2) is 9.59 Å². The molecule has 2 amide bonds. The lowest BCUT2D eigenvalue weighted by molar-refractivity contribution is 0.0698. The molecule has 0 radical (unpaired) electrons. The van der Waals surface area contributed by atoms with E-state index in [4.69, 9.17) is 10.2 Å². The van der Waals surface area contributed by atoms with Crippen LogP contribution in [0.5, 0.6) is 0 Å². The van der Waals surface area contributed by atoms with Crippen LogP contribution in [0.3, 0.4) is 0 Å². The second kappa shape index (κ2) is 6.36. The van der Waals surface area contributed by atoms with Crippen molar-refractivity contribution in [3.63, 3.8) is 0 Å². The predicted molar refractivity (Wildman–Crippen MR) is 69.2 cm³/mol. The van der Waals surface area contributed by atoms with Crippen molar-refractivity contribution in [2.75, 3.05) is 18.5 Å². The van der Waals surface area contributed by atoms with Crippen molar-refractivity contribution in [2.45, 2.75) is 19.9 Å². The minimum absolute atomic E-state index is 0.0704. The van der Waals surface area contributed by atoms with E-state index in [2.05, 4.69) is 5.32 Å². The van der Waals surface area contributed by atoms with Crippen LogP contribution in [0.2, 0.25) is 0 Å². The van der Waals surface area contributed by atoms with E-state index in [1.165, 1.54) is 11.0 Å². The number of carbonyl (C=O) groups excluding carboxylic acids is 1. The number of nitrogens with one attached hydrogen (secondary N) is 1. The van der Waals surface area contributed by atoms with Crippen molar-refractivity contribution in [1.82, 2.24) is 4.90 Å². The van der Waals surface area contributed by atoms with Gasteiger partial charge < -0.3 is 15.1 Å². The molecule has 0 saturated carbocycles. The van der Waals surface area contributed by atoms with Crippen LogP contribution >= 0.6 is 11.3 Å². The molecule has 1 aromatic heterocycles. The van der Waals surface area contributed by atoms with E-state index in [9.17, 15) is 9.59 Å². The number of urea groups is 1. The Morgan fingerprint density at radius 1 is 1.50 bits per heavy atom. The number of thiophene rings is 1. The Labute approximate surface area is 109 Å². The largest absolute Gasteiger partial charge is 0.478 e. The quantitative estimate of drug-likeness (QED) is 0.760. The molecule has 0 fully saturated rings. The fourth-order valence-electron chi connectivity index (χ4n) is 1.45. The minimum atomic E-state index is -1.08. The second-order valence-electron chi connectivity index (χ2n) is 3.91. The molecule has 1 heterocycles. The van der Waals surface area contributed by atoms with Crippen LogP contribution in [0.4, 0.5) is 9.80 Å². The number of aliphatic hydroxyl groups excluding tert-OH is 1. The third-order valence-corrected chi connectivity index (χ3v) is 3.17. The first-order valence-electron chi connectivity index (χ1n) is 5.46. The molecule has 0 aliphatic rings. The van der Waals surface area contributed by atoms with Crippen LogP contribution in [-0.4, -0.2) is 46.3 Å². The van der Waals surface area contributed by atoms with Gasteiger partial charge >= 0.3 is 12.0 Å². The normalized spacial score (nSPS) is 10.4. The van der Waals surface area contributed by atoms with Gasteiger partial charge in [0, 0.05) is 12.6 Å². The van der Waals surface area contributed by atoms with E-state index >= 15 is 0 Å². The molecule has 0 spiro atoms. The number of rotatable bonds is 5. The van der Waals surface area contributed by atoms with E-state index in [1.807, 2.05) is 13.8 Å². The van der Waals surface area contributed by atoms with Gasteiger partial charge in [0.1, 0.15) is 5.00 Å². The number of nitrogens with zero attached hydrogens (tertiary/aromatic N) is 1. The first-order valence-corrected chi connectivity index (χ1v) is 6.34. The molecule has 1 rings (SSSR count). The molecule has 0 saturated heterocycles.